The Morgan fingerprint density at radius 3 is 1.66 bits per heavy atom. The molecular weight excluding hydrogens is 590 g/mol. The summed E-state index contributed by atoms with van der Waals surface area (Å²) in [4.78, 5) is 21.5. The lowest BCUT2D eigenvalue weighted by molar-refractivity contribution is 0.0850. The molecule has 0 unspecified atom stereocenters. The Labute approximate surface area is 233 Å². The van der Waals surface area contributed by atoms with Crippen molar-refractivity contribution >= 4 is 101 Å². The fourth-order valence-corrected chi connectivity index (χ4v) is 5.99. The quantitative estimate of drug-likeness (QED) is 0.207. The zero-order chi connectivity index (χ0) is 25.4. The number of aromatic nitrogens is 2. The summed E-state index contributed by atoms with van der Waals surface area (Å²) in [5, 5.41) is 12.0. The van der Waals surface area contributed by atoms with Gasteiger partial charge in [-0.05, 0) is 60.0 Å². The van der Waals surface area contributed by atoms with Gasteiger partial charge in [-0.3, -0.25) is 4.79 Å². The standard InChI is InChI=1S/C14H9Cl5O.C10H6N2OS2/c15-11-5-1-9(2-6-11)13(20,14(17,18)19)10-3-7-12(16)8-4-10;1-5-2-3-6-7(4-5)12-9-8(11-6)14-10(13)15-9/h1-8,20H;2-4H,1H3. The van der Waals surface area contributed by atoms with Gasteiger partial charge in [0, 0.05) is 10.0 Å². The molecule has 5 rings (SSSR count). The molecule has 3 aromatic carbocycles. The minimum absolute atomic E-state index is 0.0528. The molecule has 0 saturated heterocycles. The molecule has 2 heterocycles. The van der Waals surface area contributed by atoms with Crippen molar-refractivity contribution in [3.63, 3.8) is 0 Å². The molecule has 4 nitrogen and oxygen atoms in total. The van der Waals surface area contributed by atoms with E-state index in [-0.39, 0.29) is 4.06 Å². The van der Waals surface area contributed by atoms with Gasteiger partial charge in [-0.1, -0.05) is 111 Å². The van der Waals surface area contributed by atoms with Gasteiger partial charge in [0.15, 0.2) is 15.3 Å². The third-order valence-electron chi connectivity index (χ3n) is 5.05. The molecule has 35 heavy (non-hydrogen) atoms. The highest BCUT2D eigenvalue weighted by molar-refractivity contribution is 7.35. The first-order valence-corrected chi connectivity index (χ1v) is 13.5. The normalized spacial score (nSPS) is 12.0. The monoisotopic (exact) mass is 602 g/mol. The molecule has 2 aromatic heterocycles. The van der Waals surface area contributed by atoms with E-state index >= 15 is 0 Å². The largest absolute Gasteiger partial charge is 0.376 e. The maximum absolute atomic E-state index is 11.2. The molecular formula is C24H15Cl5N2O2S2. The van der Waals surface area contributed by atoms with E-state index in [1.165, 1.54) is 0 Å². The van der Waals surface area contributed by atoms with E-state index in [2.05, 4.69) is 9.97 Å². The van der Waals surface area contributed by atoms with Gasteiger partial charge in [-0.25, -0.2) is 9.97 Å². The highest BCUT2D eigenvalue weighted by atomic mass is 35.6. The minimum atomic E-state index is -1.96. The molecule has 0 saturated carbocycles. The highest BCUT2D eigenvalue weighted by Gasteiger charge is 2.49. The van der Waals surface area contributed by atoms with Gasteiger partial charge < -0.3 is 5.11 Å². The molecule has 11 heteroatoms. The van der Waals surface area contributed by atoms with Crippen LogP contribution in [-0.4, -0.2) is 18.9 Å². The number of rotatable bonds is 2. The fraction of sp³-hybridized carbons (Fsp3) is 0.125. The topological polar surface area (TPSA) is 63.1 Å². The van der Waals surface area contributed by atoms with Crippen molar-refractivity contribution < 1.29 is 5.11 Å². The Morgan fingerprint density at radius 1 is 0.743 bits per heavy atom. The number of hydrogen-bond donors (Lipinski definition) is 1. The predicted octanol–water partition coefficient (Wildman–Crippen LogP) is 8.17. The van der Waals surface area contributed by atoms with Crippen molar-refractivity contribution in [1.29, 1.82) is 0 Å². The number of aryl methyl sites for hydroxylation is 1. The van der Waals surface area contributed by atoms with Crippen LogP contribution in [0.4, 0.5) is 0 Å². The maximum Gasteiger partial charge on any atom is 0.291 e. The fourth-order valence-electron chi connectivity index (χ4n) is 3.32. The number of halogens is 5. The van der Waals surface area contributed by atoms with Crippen molar-refractivity contribution in [1.82, 2.24) is 9.97 Å². The summed E-state index contributed by atoms with van der Waals surface area (Å²) in [6.07, 6.45) is 0. The van der Waals surface area contributed by atoms with Gasteiger partial charge in [0.2, 0.25) is 3.79 Å². The lowest BCUT2D eigenvalue weighted by atomic mass is 9.87. The smallest absolute Gasteiger partial charge is 0.291 e. The van der Waals surface area contributed by atoms with Crippen LogP contribution in [0.5, 0.6) is 0 Å². The van der Waals surface area contributed by atoms with E-state index in [1.807, 2.05) is 25.1 Å². The van der Waals surface area contributed by atoms with Crippen LogP contribution < -0.4 is 4.06 Å². The first-order valence-electron chi connectivity index (χ1n) is 9.96. The Hall–Kier alpha value is -1.48. The molecule has 0 bridgehead atoms. The van der Waals surface area contributed by atoms with E-state index in [0.29, 0.717) is 21.2 Å². The van der Waals surface area contributed by atoms with Crippen molar-refractivity contribution in [3.05, 3.63) is 102 Å². The van der Waals surface area contributed by atoms with Crippen LogP contribution in [0.1, 0.15) is 16.7 Å². The van der Waals surface area contributed by atoms with Crippen LogP contribution in [0.15, 0.2) is 71.5 Å². The van der Waals surface area contributed by atoms with Crippen molar-refractivity contribution in [3.8, 4) is 0 Å². The molecule has 0 radical (unpaired) electrons. The van der Waals surface area contributed by atoms with Crippen LogP contribution in [0, 0.1) is 6.92 Å². The predicted molar refractivity (Wildman–Crippen MR) is 150 cm³/mol. The summed E-state index contributed by atoms with van der Waals surface area (Å²) in [6, 6.07) is 18.8. The zero-order valence-corrected chi connectivity index (χ0v) is 23.2. The van der Waals surface area contributed by atoms with Crippen molar-refractivity contribution in [2.45, 2.75) is 16.3 Å². The average molecular weight is 605 g/mol. The molecule has 1 N–H and O–H groups in total. The number of aliphatic hydroxyl groups is 1. The summed E-state index contributed by atoms with van der Waals surface area (Å²) in [7, 11) is 0. The molecule has 0 aliphatic heterocycles. The molecule has 0 spiro atoms. The molecule has 0 amide bonds. The lowest BCUT2D eigenvalue weighted by Crippen LogP contribution is -2.41. The zero-order valence-electron chi connectivity index (χ0n) is 17.8. The van der Waals surface area contributed by atoms with E-state index in [4.69, 9.17) is 58.0 Å². The third-order valence-corrected chi connectivity index (χ3v) is 8.30. The molecule has 0 aliphatic rings. The summed E-state index contributed by atoms with van der Waals surface area (Å²) in [6.45, 7) is 2.02. The number of hydrogen-bond acceptors (Lipinski definition) is 6. The van der Waals surface area contributed by atoms with Gasteiger partial charge in [0.1, 0.15) is 0 Å². The lowest BCUT2D eigenvalue weighted by Gasteiger charge is -2.35. The second-order valence-corrected chi connectivity index (χ2v) is 12.8. The maximum atomic E-state index is 11.2. The van der Waals surface area contributed by atoms with E-state index in [0.717, 1.165) is 48.9 Å². The van der Waals surface area contributed by atoms with Crippen LogP contribution in [-0.2, 0) is 5.60 Å². The van der Waals surface area contributed by atoms with Crippen LogP contribution >= 0.6 is 80.7 Å². The van der Waals surface area contributed by atoms with Crippen LogP contribution in [0.3, 0.4) is 0 Å². The highest BCUT2D eigenvalue weighted by Crippen LogP contribution is 2.49. The molecule has 0 fully saturated rings. The van der Waals surface area contributed by atoms with Crippen molar-refractivity contribution in [2.75, 3.05) is 0 Å². The Balaban J connectivity index is 0.000000171. The first-order chi connectivity index (χ1) is 16.5. The van der Waals surface area contributed by atoms with E-state index in [1.54, 1.807) is 48.5 Å². The minimum Gasteiger partial charge on any atom is -0.376 e. The van der Waals surface area contributed by atoms with Gasteiger partial charge in [-0.15, -0.1) is 0 Å². The SMILES string of the molecule is Cc1ccc2nc3sc(=O)sc3nc2c1.OC(c1ccc(Cl)cc1)(c1ccc(Cl)cc1)C(Cl)(Cl)Cl. The Kier molecular flexibility index (Phi) is 7.96. The molecule has 0 atom stereocenters. The summed E-state index contributed by atoms with van der Waals surface area (Å²) in [5.41, 5.74) is 1.89. The molecule has 180 valence electrons. The number of nitrogens with zero attached hydrogens (tertiary/aromatic N) is 2. The van der Waals surface area contributed by atoms with Gasteiger partial charge in [0.05, 0.1) is 11.0 Å². The molecule has 0 aliphatic carbocycles. The number of fused-ring (bicyclic) bond motifs is 2. The summed E-state index contributed by atoms with van der Waals surface area (Å²) < 4.78 is -1.91. The summed E-state index contributed by atoms with van der Waals surface area (Å²) >= 11 is 32.0. The molecule has 5 aromatic rings. The number of benzene rings is 3. The Bertz CT molecular complexity index is 1500. The van der Waals surface area contributed by atoms with Gasteiger partial charge in [0.25, 0.3) is 4.06 Å². The Morgan fingerprint density at radius 2 is 1.20 bits per heavy atom. The van der Waals surface area contributed by atoms with Gasteiger partial charge in [-0.2, -0.15) is 0 Å². The summed E-state index contributed by atoms with van der Waals surface area (Å²) in [5.74, 6) is 0. The number of alkyl halides is 3. The van der Waals surface area contributed by atoms with Crippen molar-refractivity contribution in [2.24, 2.45) is 0 Å². The van der Waals surface area contributed by atoms with Crippen LogP contribution in [0.2, 0.25) is 10.0 Å². The van der Waals surface area contributed by atoms with Crippen LogP contribution in [0.25, 0.3) is 20.7 Å². The van der Waals surface area contributed by atoms with E-state index < -0.39 is 9.39 Å². The van der Waals surface area contributed by atoms with E-state index in [9.17, 15) is 9.90 Å². The van der Waals surface area contributed by atoms with Gasteiger partial charge >= 0.3 is 0 Å². The third kappa shape index (κ3) is 5.76. The average Bonchev–Trinajstić information content (AvgIpc) is 3.16. The first kappa shape index (κ1) is 26.6. The second kappa shape index (κ2) is 10.5. The second-order valence-electron chi connectivity index (χ2n) is 7.50.